The van der Waals surface area contributed by atoms with E-state index in [9.17, 15) is 5.26 Å². The molecular formula is C33H26N3OSi+. The summed E-state index contributed by atoms with van der Waals surface area (Å²) < 4.78 is 8.78. The molecule has 0 unspecified atom stereocenters. The number of aromatic nitrogens is 2. The SMILES string of the molecule is Cc1ccc2c(oc3c(-c4ccc5c(c4)[Si](C)(C)c4ccccc4-5)c(C#N)ccc32)c1-c1ccnc[n+]1C. The lowest BCUT2D eigenvalue weighted by Gasteiger charge is -2.19. The Morgan fingerprint density at radius 1 is 0.842 bits per heavy atom. The molecule has 4 nitrogen and oxygen atoms in total. The summed E-state index contributed by atoms with van der Waals surface area (Å²) >= 11 is 0. The molecule has 0 radical (unpaired) electrons. The van der Waals surface area contributed by atoms with Crippen LogP contribution in [0.25, 0.3) is 55.4 Å². The summed E-state index contributed by atoms with van der Waals surface area (Å²) in [5.74, 6) is 0. The van der Waals surface area contributed by atoms with Crippen LogP contribution in [-0.4, -0.2) is 13.1 Å². The summed E-state index contributed by atoms with van der Waals surface area (Å²) in [5, 5.41) is 15.1. The third-order valence-electron chi connectivity index (χ3n) is 8.21. The predicted molar refractivity (Wildman–Crippen MR) is 155 cm³/mol. The molecule has 0 N–H and O–H groups in total. The molecule has 0 bridgehead atoms. The monoisotopic (exact) mass is 508 g/mol. The van der Waals surface area contributed by atoms with E-state index >= 15 is 0 Å². The topological polar surface area (TPSA) is 53.7 Å². The van der Waals surface area contributed by atoms with Crippen LogP contribution >= 0.6 is 0 Å². The van der Waals surface area contributed by atoms with Crippen molar-refractivity contribution in [2.75, 3.05) is 0 Å². The molecule has 0 saturated carbocycles. The van der Waals surface area contributed by atoms with Crippen molar-refractivity contribution in [3.8, 4) is 39.6 Å². The van der Waals surface area contributed by atoms with Crippen molar-refractivity contribution in [3.63, 3.8) is 0 Å². The van der Waals surface area contributed by atoms with Crippen LogP contribution in [-0.2, 0) is 7.05 Å². The highest BCUT2D eigenvalue weighted by Crippen LogP contribution is 2.42. The lowest BCUT2D eigenvalue weighted by molar-refractivity contribution is -0.663. The maximum absolute atomic E-state index is 10.2. The predicted octanol–water partition coefficient (Wildman–Crippen LogP) is 6.12. The van der Waals surface area contributed by atoms with Crippen molar-refractivity contribution in [3.05, 3.63) is 96.4 Å². The van der Waals surface area contributed by atoms with Gasteiger partial charge < -0.3 is 4.42 Å². The van der Waals surface area contributed by atoms with Crippen LogP contribution in [0.2, 0.25) is 13.1 Å². The number of rotatable bonds is 2. The maximum Gasteiger partial charge on any atom is 0.286 e. The zero-order valence-electron chi connectivity index (χ0n) is 21.8. The molecule has 0 fully saturated rings. The Morgan fingerprint density at radius 2 is 1.58 bits per heavy atom. The first-order valence-electron chi connectivity index (χ1n) is 12.8. The Bertz CT molecular complexity index is 1990. The highest BCUT2D eigenvalue weighted by atomic mass is 28.3. The summed E-state index contributed by atoms with van der Waals surface area (Å²) in [5.41, 5.74) is 10.00. The number of furan rings is 1. The Kier molecular flexibility index (Phi) is 4.76. The molecule has 1 aliphatic heterocycles. The summed E-state index contributed by atoms with van der Waals surface area (Å²) in [6.07, 6.45) is 3.62. The molecule has 3 heterocycles. The molecule has 1 aliphatic rings. The summed E-state index contributed by atoms with van der Waals surface area (Å²) in [6, 6.07) is 28.2. The molecule has 0 spiro atoms. The van der Waals surface area contributed by atoms with Gasteiger partial charge in [-0.15, -0.1) is 0 Å². The number of nitriles is 1. The molecule has 0 aliphatic carbocycles. The second-order valence-electron chi connectivity index (χ2n) is 10.7. The molecule has 5 heteroatoms. The minimum absolute atomic E-state index is 0.624. The molecule has 4 aromatic carbocycles. The first kappa shape index (κ1) is 22.6. The fraction of sp³-hybridized carbons (Fsp3) is 0.121. The van der Waals surface area contributed by atoms with Gasteiger partial charge in [0.15, 0.2) is 0 Å². The molecule has 182 valence electrons. The number of benzene rings is 4. The van der Waals surface area contributed by atoms with Crippen LogP contribution < -0.4 is 14.9 Å². The van der Waals surface area contributed by atoms with Gasteiger partial charge in [0.2, 0.25) is 0 Å². The van der Waals surface area contributed by atoms with Crippen LogP contribution in [0.5, 0.6) is 0 Å². The third kappa shape index (κ3) is 3.01. The van der Waals surface area contributed by atoms with E-state index in [1.54, 1.807) is 0 Å². The quantitative estimate of drug-likeness (QED) is 0.209. The normalized spacial score (nSPS) is 13.4. The average molecular weight is 509 g/mol. The number of fused-ring (bicyclic) bond motifs is 6. The Labute approximate surface area is 222 Å². The van der Waals surface area contributed by atoms with Gasteiger partial charge in [0.1, 0.15) is 31.1 Å². The molecule has 2 aromatic heterocycles. The fourth-order valence-electron chi connectivity index (χ4n) is 6.25. The first-order chi connectivity index (χ1) is 18.4. The maximum atomic E-state index is 10.2. The van der Waals surface area contributed by atoms with Gasteiger partial charge in [-0.05, 0) is 51.7 Å². The van der Waals surface area contributed by atoms with Gasteiger partial charge >= 0.3 is 0 Å². The molecule has 0 atom stereocenters. The fourth-order valence-corrected chi connectivity index (χ4v) is 9.35. The van der Waals surface area contributed by atoms with Gasteiger partial charge in [-0.3, -0.25) is 0 Å². The smallest absolute Gasteiger partial charge is 0.286 e. The average Bonchev–Trinajstić information content (AvgIpc) is 3.41. The van der Waals surface area contributed by atoms with E-state index in [1.165, 1.54) is 21.5 Å². The minimum Gasteiger partial charge on any atom is -0.455 e. The number of hydrogen-bond acceptors (Lipinski definition) is 3. The Balaban J connectivity index is 1.53. The number of aryl methyl sites for hydroxylation is 2. The molecule has 0 saturated heterocycles. The van der Waals surface area contributed by atoms with Gasteiger partial charge in [-0.2, -0.15) is 5.26 Å². The minimum atomic E-state index is -1.86. The third-order valence-corrected chi connectivity index (χ3v) is 11.7. The van der Waals surface area contributed by atoms with Gasteiger partial charge in [-0.25, -0.2) is 4.57 Å². The van der Waals surface area contributed by atoms with Crippen molar-refractivity contribution >= 4 is 40.4 Å². The van der Waals surface area contributed by atoms with Gasteiger partial charge in [0, 0.05) is 22.4 Å². The van der Waals surface area contributed by atoms with Crippen LogP contribution in [0.3, 0.4) is 0 Å². The Morgan fingerprint density at radius 3 is 2.37 bits per heavy atom. The van der Waals surface area contributed by atoms with E-state index in [-0.39, 0.29) is 0 Å². The van der Waals surface area contributed by atoms with Crippen LogP contribution in [0.15, 0.2) is 89.7 Å². The van der Waals surface area contributed by atoms with E-state index in [0.29, 0.717) is 5.56 Å². The first-order valence-corrected chi connectivity index (χ1v) is 15.8. The summed E-state index contributed by atoms with van der Waals surface area (Å²) in [6.45, 7) is 6.94. The van der Waals surface area contributed by atoms with Crippen molar-refractivity contribution in [2.24, 2.45) is 7.05 Å². The summed E-state index contributed by atoms with van der Waals surface area (Å²) in [7, 11) is 0.135. The number of hydrogen-bond donors (Lipinski definition) is 0. The van der Waals surface area contributed by atoms with Crippen molar-refractivity contribution in [1.29, 1.82) is 5.26 Å². The van der Waals surface area contributed by atoms with Gasteiger partial charge in [-0.1, -0.05) is 72.7 Å². The lowest BCUT2D eigenvalue weighted by Crippen LogP contribution is -2.49. The molecule has 6 aromatic rings. The zero-order chi connectivity index (χ0) is 26.2. The van der Waals surface area contributed by atoms with Gasteiger partial charge in [0.25, 0.3) is 6.33 Å². The summed E-state index contributed by atoms with van der Waals surface area (Å²) in [4.78, 5) is 4.25. The van der Waals surface area contributed by atoms with E-state index in [2.05, 4.69) is 85.7 Å². The zero-order valence-corrected chi connectivity index (χ0v) is 22.8. The Hall–Kier alpha value is -4.53. The van der Waals surface area contributed by atoms with Gasteiger partial charge in [0.05, 0.1) is 24.2 Å². The van der Waals surface area contributed by atoms with E-state index in [0.717, 1.165) is 49.9 Å². The van der Waals surface area contributed by atoms with Crippen molar-refractivity contribution in [1.82, 2.24) is 4.98 Å². The molecule has 0 amide bonds. The molecular weight excluding hydrogens is 482 g/mol. The second-order valence-corrected chi connectivity index (χ2v) is 15.0. The van der Waals surface area contributed by atoms with Crippen molar-refractivity contribution in [2.45, 2.75) is 20.0 Å². The van der Waals surface area contributed by atoms with E-state index < -0.39 is 8.07 Å². The highest BCUT2D eigenvalue weighted by Gasteiger charge is 2.37. The highest BCUT2D eigenvalue weighted by molar-refractivity contribution is 7.03. The second kappa shape index (κ2) is 7.98. The van der Waals surface area contributed by atoms with E-state index in [4.69, 9.17) is 4.42 Å². The van der Waals surface area contributed by atoms with E-state index in [1.807, 2.05) is 42.3 Å². The van der Waals surface area contributed by atoms with Crippen LogP contribution in [0, 0.1) is 18.3 Å². The van der Waals surface area contributed by atoms with Crippen LogP contribution in [0.4, 0.5) is 0 Å². The number of nitrogens with zero attached hydrogens (tertiary/aromatic N) is 3. The lowest BCUT2D eigenvalue weighted by atomic mass is 9.95. The van der Waals surface area contributed by atoms with Crippen molar-refractivity contribution < 1.29 is 8.98 Å². The largest absolute Gasteiger partial charge is 0.455 e. The van der Waals surface area contributed by atoms with Crippen LogP contribution in [0.1, 0.15) is 11.1 Å². The molecule has 7 rings (SSSR count). The standard InChI is InChI=1S/C33H26N3OSi/c1-20-9-12-25-26-14-11-22(18-34)31(33(26)37-32(25)30(20)27-15-16-35-19-36(27)2)21-10-13-24-23-7-5-6-8-28(23)38(3,4)29(24)17-21/h5-17,19H,1-4H3/q+1. The molecule has 38 heavy (non-hydrogen) atoms.